The Bertz CT molecular complexity index is 1900. The number of hydrogen-bond donors (Lipinski definition) is 12. The second kappa shape index (κ2) is 22.0. The summed E-state index contributed by atoms with van der Waals surface area (Å²) in [6, 6.07) is 0. The van der Waals surface area contributed by atoms with Gasteiger partial charge in [0.25, 0.3) is 0 Å². The highest BCUT2D eigenvalue weighted by Gasteiger charge is 2.71. The van der Waals surface area contributed by atoms with E-state index in [1.54, 1.807) is 0 Å². The molecule has 8 fully saturated rings. The lowest BCUT2D eigenvalue weighted by atomic mass is 9.35. The first-order valence-corrected chi connectivity index (χ1v) is 26.7. The molecule has 0 radical (unpaired) electrons. The van der Waals surface area contributed by atoms with E-state index in [-0.39, 0.29) is 47.7 Å². The van der Waals surface area contributed by atoms with E-state index < -0.39 is 146 Å². The molecule has 73 heavy (non-hydrogen) atoms. The van der Waals surface area contributed by atoms with Crippen LogP contribution in [0.25, 0.3) is 0 Å². The van der Waals surface area contributed by atoms with E-state index in [4.69, 9.17) is 37.9 Å². The number of carbonyl (C=O) groups excluding carboxylic acids is 1. The molecule has 8 aliphatic rings. The summed E-state index contributed by atoms with van der Waals surface area (Å²) in [5, 5.41) is 130. The van der Waals surface area contributed by atoms with Crippen LogP contribution in [-0.4, -0.2) is 216 Å². The predicted molar refractivity (Wildman–Crippen MR) is 253 cm³/mol. The van der Waals surface area contributed by atoms with Crippen LogP contribution in [0.5, 0.6) is 0 Å². The van der Waals surface area contributed by atoms with Gasteiger partial charge in [-0.05, 0) is 125 Å². The molecule has 8 rings (SSSR count). The van der Waals surface area contributed by atoms with E-state index in [2.05, 4.69) is 33.8 Å². The highest BCUT2D eigenvalue weighted by molar-refractivity contribution is 5.62. The highest BCUT2D eigenvalue weighted by Crippen LogP contribution is 2.75. The Morgan fingerprint density at radius 1 is 0.644 bits per heavy atom. The van der Waals surface area contributed by atoms with Crippen LogP contribution in [0, 0.1) is 45.3 Å². The topological polar surface area (TPSA) is 334 Å². The van der Waals surface area contributed by atoms with Crippen LogP contribution in [0.3, 0.4) is 0 Å². The van der Waals surface area contributed by atoms with Gasteiger partial charge in [-0.3, -0.25) is 0 Å². The standard InChI is InChI=1S/C52H86O21/c1-24(2)9-8-15-52(65,23-68-45-40(63)38(61)36(59)30(19-53)70-45)27-12-16-49(6)26(27)10-11-32-50(49,7)17-13-31-48(4,5)33(14-18-51(31,32)22-54)71-47-43(73-46-41(64)37(60)34(57)25(3)69-46)42(29(56)21-67-47)72-44-39(62)35(58)28(55)20-66-44/h9,22,25-47,53,55-65H,8,10-21,23H2,1-7H3/t25-,26+,27?,28+,29-,30+,31-,32-,33-,34-,35-,36+,37+,38-,39+,40+,41+,42-,43+,44-,45+,46-,47-,49+,50+,51+,52+/m0/s1. The van der Waals surface area contributed by atoms with Crippen molar-refractivity contribution in [3.63, 3.8) is 0 Å². The van der Waals surface area contributed by atoms with Gasteiger partial charge >= 0.3 is 0 Å². The van der Waals surface area contributed by atoms with Crippen molar-refractivity contribution in [1.82, 2.24) is 0 Å². The largest absolute Gasteiger partial charge is 0.394 e. The van der Waals surface area contributed by atoms with Gasteiger partial charge in [0.15, 0.2) is 25.2 Å². The summed E-state index contributed by atoms with van der Waals surface area (Å²) >= 11 is 0. The fourth-order valence-electron chi connectivity index (χ4n) is 15.4. The molecule has 0 bridgehead atoms. The molecule has 4 aliphatic heterocycles. The van der Waals surface area contributed by atoms with Gasteiger partial charge in [-0.25, -0.2) is 0 Å². The van der Waals surface area contributed by atoms with E-state index in [9.17, 15) is 66.1 Å². The van der Waals surface area contributed by atoms with Crippen LogP contribution in [0.4, 0.5) is 0 Å². The quantitative estimate of drug-likeness (QED) is 0.0547. The molecule has 420 valence electrons. The molecule has 0 spiro atoms. The highest BCUT2D eigenvalue weighted by atomic mass is 16.8. The molecule has 21 nitrogen and oxygen atoms in total. The molecule has 4 heterocycles. The first kappa shape index (κ1) is 57.8. The number of fused-ring (bicyclic) bond motifs is 5. The lowest BCUT2D eigenvalue weighted by Gasteiger charge is -2.69. The van der Waals surface area contributed by atoms with Crippen LogP contribution in [0.2, 0.25) is 0 Å². The lowest BCUT2D eigenvalue weighted by Crippen LogP contribution is -2.67. The van der Waals surface area contributed by atoms with Crippen LogP contribution in [0.1, 0.15) is 113 Å². The monoisotopic (exact) mass is 1050 g/mol. The number of hydrogen-bond acceptors (Lipinski definition) is 21. The summed E-state index contributed by atoms with van der Waals surface area (Å²) in [6.07, 6.45) is -17.8. The summed E-state index contributed by atoms with van der Waals surface area (Å²) < 4.78 is 48.7. The molecule has 27 atom stereocenters. The normalized spacial score (nSPS) is 51.7. The smallest absolute Gasteiger partial charge is 0.187 e. The van der Waals surface area contributed by atoms with Gasteiger partial charge in [0.05, 0.1) is 44.2 Å². The maximum absolute atomic E-state index is 14.1. The van der Waals surface area contributed by atoms with Crippen molar-refractivity contribution in [3.8, 4) is 0 Å². The number of aliphatic hydroxyl groups excluding tert-OH is 11. The summed E-state index contributed by atoms with van der Waals surface area (Å²) in [5.41, 5.74) is -2.36. The summed E-state index contributed by atoms with van der Waals surface area (Å²) in [7, 11) is 0. The molecule has 0 amide bonds. The molecular weight excluding hydrogens is 961 g/mol. The van der Waals surface area contributed by atoms with Crippen molar-refractivity contribution in [2.45, 2.75) is 235 Å². The third kappa shape index (κ3) is 10.2. The SMILES string of the molecule is CC(C)=CCC[C@@](O)(CO[C@@H]1O[C@H](CO)[C@@H](O)[C@H](O)[C@H]1O)C1CC[C@]2(C)[C@@H]1CC[C@@H]1[C@@]3(C=O)CC[C@H](O[C@@H]4OC[C@H](O)[C@H](O[C@@H]5OC[C@@H](O)[C@H](O)[C@H]5O)[C@H]4O[C@@H]4O[C@@H](C)[C@H](O)[C@@H](O)[C@H]4O)C(C)(C)[C@@H]3CC[C@]12C. The minimum Gasteiger partial charge on any atom is -0.394 e. The van der Waals surface area contributed by atoms with Crippen LogP contribution in [-0.2, 0) is 42.7 Å². The van der Waals surface area contributed by atoms with Crippen molar-refractivity contribution >= 4 is 6.29 Å². The second-order valence-corrected chi connectivity index (χ2v) is 24.4. The van der Waals surface area contributed by atoms with Crippen LogP contribution in [0.15, 0.2) is 11.6 Å². The Balaban J connectivity index is 1.03. The lowest BCUT2D eigenvalue weighted by molar-refractivity contribution is -0.383. The molecular formula is C52H86O21. The van der Waals surface area contributed by atoms with Gasteiger partial charge in [0.2, 0.25) is 0 Å². The van der Waals surface area contributed by atoms with E-state index in [0.29, 0.717) is 38.5 Å². The molecule has 1 unspecified atom stereocenters. The van der Waals surface area contributed by atoms with Crippen molar-refractivity contribution in [3.05, 3.63) is 11.6 Å². The third-order valence-electron chi connectivity index (χ3n) is 19.9. The van der Waals surface area contributed by atoms with Crippen LogP contribution < -0.4 is 0 Å². The Morgan fingerprint density at radius 2 is 1.27 bits per heavy atom. The molecule has 4 saturated heterocycles. The van der Waals surface area contributed by atoms with Crippen molar-refractivity contribution in [2.24, 2.45) is 45.3 Å². The van der Waals surface area contributed by atoms with Gasteiger partial charge in [-0.15, -0.1) is 0 Å². The zero-order valence-corrected chi connectivity index (χ0v) is 43.4. The Kier molecular flexibility index (Phi) is 17.4. The van der Waals surface area contributed by atoms with Crippen LogP contribution >= 0.6 is 0 Å². The zero-order chi connectivity index (χ0) is 53.3. The van der Waals surface area contributed by atoms with Gasteiger partial charge in [0.1, 0.15) is 85.6 Å². The number of carbonyl (C=O) groups is 1. The number of allylic oxidation sites excluding steroid dienone is 2. The minimum atomic E-state index is -1.76. The fourth-order valence-corrected chi connectivity index (χ4v) is 15.4. The first-order valence-electron chi connectivity index (χ1n) is 26.7. The Hall–Kier alpha value is -1.39. The molecule has 21 heteroatoms. The summed E-state index contributed by atoms with van der Waals surface area (Å²) in [4.78, 5) is 14.1. The van der Waals surface area contributed by atoms with E-state index in [1.807, 2.05) is 13.8 Å². The Labute approximate surface area is 427 Å². The predicted octanol–water partition coefficient (Wildman–Crippen LogP) is -0.716. The van der Waals surface area contributed by atoms with E-state index in [1.165, 1.54) is 13.2 Å². The van der Waals surface area contributed by atoms with Crippen molar-refractivity contribution in [1.29, 1.82) is 0 Å². The average Bonchev–Trinajstić information content (AvgIpc) is 3.72. The van der Waals surface area contributed by atoms with Crippen molar-refractivity contribution in [2.75, 3.05) is 26.4 Å². The van der Waals surface area contributed by atoms with Gasteiger partial charge in [-0.1, -0.05) is 39.3 Å². The van der Waals surface area contributed by atoms with E-state index >= 15 is 0 Å². The molecule has 4 aliphatic carbocycles. The third-order valence-corrected chi connectivity index (χ3v) is 19.9. The number of rotatable bonds is 15. The van der Waals surface area contributed by atoms with Gasteiger partial charge in [0, 0.05) is 5.41 Å². The zero-order valence-electron chi connectivity index (χ0n) is 43.4. The average molecular weight is 1050 g/mol. The number of aliphatic hydroxyl groups is 12. The van der Waals surface area contributed by atoms with Gasteiger partial charge in [-0.2, -0.15) is 0 Å². The molecule has 0 aromatic carbocycles. The summed E-state index contributed by atoms with van der Waals surface area (Å²) in [6.45, 7) is 12.7. The molecule has 0 aromatic heterocycles. The Morgan fingerprint density at radius 3 is 1.96 bits per heavy atom. The minimum absolute atomic E-state index is 0.0277. The number of ether oxygens (including phenoxy) is 8. The molecule has 4 saturated carbocycles. The van der Waals surface area contributed by atoms with Crippen molar-refractivity contribution < 1.29 is 104 Å². The van der Waals surface area contributed by atoms with E-state index in [0.717, 1.165) is 31.3 Å². The van der Waals surface area contributed by atoms with Gasteiger partial charge < -0.3 is 104 Å². The molecule has 12 N–H and O–H groups in total. The fraction of sp³-hybridized carbons (Fsp3) is 0.942. The first-order chi connectivity index (χ1) is 34.3. The number of aldehydes is 1. The maximum Gasteiger partial charge on any atom is 0.187 e. The molecule has 0 aromatic rings. The second-order valence-electron chi connectivity index (χ2n) is 24.4. The summed E-state index contributed by atoms with van der Waals surface area (Å²) in [5.74, 6) is -0.385. The maximum atomic E-state index is 14.1.